The molecule has 2 aliphatic rings. The molecule has 2 heterocycles. The number of nitrogens with zero attached hydrogens (tertiary/aromatic N) is 2. The highest BCUT2D eigenvalue weighted by Crippen LogP contribution is 2.41. The predicted molar refractivity (Wildman–Crippen MR) is 120 cm³/mol. The Kier molecular flexibility index (Phi) is 5.84. The molecule has 0 amide bonds. The van der Waals surface area contributed by atoms with Gasteiger partial charge in [0, 0.05) is 11.8 Å². The summed E-state index contributed by atoms with van der Waals surface area (Å²) < 4.78 is 40.7. The van der Waals surface area contributed by atoms with E-state index in [9.17, 15) is 8.42 Å². The molecule has 7 nitrogen and oxygen atoms in total. The van der Waals surface area contributed by atoms with Crippen LogP contribution < -0.4 is 19.1 Å². The first-order valence-corrected chi connectivity index (χ1v) is 12.3. The van der Waals surface area contributed by atoms with Crippen molar-refractivity contribution in [2.45, 2.75) is 17.8 Å². The average molecular weight is 449 g/mol. The van der Waals surface area contributed by atoms with E-state index in [2.05, 4.69) is 0 Å². The van der Waals surface area contributed by atoms with Gasteiger partial charge in [-0.25, -0.2) is 8.42 Å². The SMILES string of the molecule is COc1ccc(CSC2=N[C@@H]3CS(=O)(=O)C[C@H]3N2c2cc(OC)ccc2OC)cc1. The van der Waals surface area contributed by atoms with Crippen LogP contribution >= 0.6 is 11.8 Å². The van der Waals surface area contributed by atoms with Gasteiger partial charge in [0.15, 0.2) is 15.0 Å². The molecule has 0 unspecified atom stereocenters. The molecule has 2 aliphatic heterocycles. The van der Waals surface area contributed by atoms with Crippen LogP contribution in [0.5, 0.6) is 17.2 Å². The summed E-state index contributed by atoms with van der Waals surface area (Å²) in [5, 5.41) is 0.794. The van der Waals surface area contributed by atoms with Crippen LogP contribution in [0.15, 0.2) is 47.5 Å². The molecule has 160 valence electrons. The minimum absolute atomic E-state index is 0.0764. The van der Waals surface area contributed by atoms with Gasteiger partial charge in [0.2, 0.25) is 0 Å². The van der Waals surface area contributed by atoms with Crippen LogP contribution in [0.1, 0.15) is 5.56 Å². The molecule has 9 heteroatoms. The summed E-state index contributed by atoms with van der Waals surface area (Å²) in [5.41, 5.74) is 1.90. The highest BCUT2D eigenvalue weighted by molar-refractivity contribution is 8.13. The molecule has 0 N–H and O–H groups in total. The van der Waals surface area contributed by atoms with Crippen molar-refractivity contribution in [3.8, 4) is 17.2 Å². The number of aliphatic imine (C=N–C) groups is 1. The van der Waals surface area contributed by atoms with Crippen LogP contribution in [0.3, 0.4) is 0 Å². The first-order chi connectivity index (χ1) is 14.4. The Bertz CT molecular complexity index is 1050. The van der Waals surface area contributed by atoms with Crippen LogP contribution in [0.25, 0.3) is 0 Å². The van der Waals surface area contributed by atoms with E-state index in [4.69, 9.17) is 19.2 Å². The number of hydrogen-bond acceptors (Lipinski definition) is 8. The summed E-state index contributed by atoms with van der Waals surface area (Å²) in [6, 6.07) is 12.9. The number of rotatable bonds is 6. The molecule has 0 spiro atoms. The highest BCUT2D eigenvalue weighted by Gasteiger charge is 2.47. The molecule has 1 fully saturated rings. The van der Waals surface area contributed by atoms with Crippen molar-refractivity contribution in [1.82, 2.24) is 0 Å². The standard InChI is InChI=1S/C21H24N2O5S2/c1-26-15-6-4-14(5-7-15)11-29-21-22-17-12-30(24,25)13-19(17)23(21)18-10-16(27-2)8-9-20(18)28-3/h4-10,17,19H,11-13H2,1-3H3/t17-,19-/m1/s1. The van der Waals surface area contributed by atoms with Crippen LogP contribution in [0.2, 0.25) is 0 Å². The molecule has 4 rings (SSSR count). The van der Waals surface area contributed by atoms with Gasteiger partial charge in [0.1, 0.15) is 17.2 Å². The normalized spacial score (nSPS) is 21.8. The van der Waals surface area contributed by atoms with Gasteiger partial charge in [-0.2, -0.15) is 0 Å². The Morgan fingerprint density at radius 1 is 1.00 bits per heavy atom. The fraction of sp³-hybridized carbons (Fsp3) is 0.381. The number of ether oxygens (including phenoxy) is 3. The lowest BCUT2D eigenvalue weighted by atomic mass is 10.1. The fourth-order valence-electron chi connectivity index (χ4n) is 3.77. The molecule has 0 aliphatic carbocycles. The van der Waals surface area contributed by atoms with Crippen molar-refractivity contribution in [1.29, 1.82) is 0 Å². The monoisotopic (exact) mass is 448 g/mol. The fourth-order valence-corrected chi connectivity index (χ4v) is 6.69. The minimum Gasteiger partial charge on any atom is -0.497 e. The van der Waals surface area contributed by atoms with Crippen LogP contribution in [-0.2, 0) is 15.6 Å². The third-order valence-corrected chi connectivity index (χ3v) is 8.02. The highest BCUT2D eigenvalue weighted by atomic mass is 32.2. The van der Waals surface area contributed by atoms with Crippen molar-refractivity contribution in [2.24, 2.45) is 4.99 Å². The summed E-state index contributed by atoms with van der Waals surface area (Å²) in [5.74, 6) is 3.00. The lowest BCUT2D eigenvalue weighted by Crippen LogP contribution is -2.39. The Hall–Kier alpha value is -2.39. The largest absolute Gasteiger partial charge is 0.497 e. The van der Waals surface area contributed by atoms with E-state index in [-0.39, 0.29) is 23.6 Å². The predicted octanol–water partition coefficient (Wildman–Crippen LogP) is 2.99. The van der Waals surface area contributed by atoms with Crippen molar-refractivity contribution in [3.05, 3.63) is 48.0 Å². The lowest BCUT2D eigenvalue weighted by Gasteiger charge is -2.28. The number of anilines is 1. The lowest BCUT2D eigenvalue weighted by molar-refractivity contribution is 0.403. The molecule has 2 atom stereocenters. The number of fused-ring (bicyclic) bond motifs is 1. The molecule has 30 heavy (non-hydrogen) atoms. The molecule has 0 bridgehead atoms. The van der Waals surface area contributed by atoms with Crippen molar-refractivity contribution < 1.29 is 22.6 Å². The van der Waals surface area contributed by atoms with Crippen LogP contribution in [-0.4, -0.2) is 58.5 Å². The number of thioether (sulfide) groups is 1. The summed E-state index contributed by atoms with van der Waals surface area (Å²) >= 11 is 1.59. The number of benzene rings is 2. The van der Waals surface area contributed by atoms with Gasteiger partial charge in [-0.05, 0) is 29.8 Å². The number of sulfone groups is 1. The average Bonchev–Trinajstić information content (AvgIpc) is 3.22. The number of hydrogen-bond donors (Lipinski definition) is 0. The van der Waals surface area contributed by atoms with Crippen molar-refractivity contribution in [3.63, 3.8) is 0 Å². The van der Waals surface area contributed by atoms with Crippen molar-refractivity contribution in [2.75, 3.05) is 37.7 Å². The zero-order valence-corrected chi connectivity index (χ0v) is 18.7. The van der Waals surface area contributed by atoms with E-state index in [0.29, 0.717) is 17.3 Å². The molecular formula is C21H24N2O5S2. The van der Waals surface area contributed by atoms with Crippen molar-refractivity contribution >= 4 is 32.5 Å². The van der Waals surface area contributed by atoms with Gasteiger partial charge in [-0.3, -0.25) is 4.99 Å². The summed E-state index contributed by atoms with van der Waals surface area (Å²) in [7, 11) is 1.72. The second kappa shape index (κ2) is 8.39. The van der Waals surface area contributed by atoms with Gasteiger partial charge in [-0.15, -0.1) is 0 Å². The maximum Gasteiger partial charge on any atom is 0.164 e. The minimum atomic E-state index is -3.12. The topological polar surface area (TPSA) is 77.4 Å². The summed E-state index contributed by atoms with van der Waals surface area (Å²) in [4.78, 5) is 6.79. The van der Waals surface area contributed by atoms with E-state index >= 15 is 0 Å². The molecule has 0 aromatic heterocycles. The van der Waals surface area contributed by atoms with Gasteiger partial charge in [0.05, 0.1) is 50.6 Å². The van der Waals surface area contributed by atoms with E-state index in [1.54, 1.807) is 33.1 Å². The smallest absolute Gasteiger partial charge is 0.164 e. The van der Waals surface area contributed by atoms with E-state index in [0.717, 1.165) is 22.2 Å². The van der Waals surface area contributed by atoms with E-state index in [1.807, 2.05) is 47.4 Å². The van der Waals surface area contributed by atoms with E-state index < -0.39 is 9.84 Å². The Balaban J connectivity index is 1.65. The van der Waals surface area contributed by atoms with Gasteiger partial charge < -0.3 is 19.1 Å². The van der Waals surface area contributed by atoms with E-state index in [1.165, 1.54) is 0 Å². The molecular weight excluding hydrogens is 424 g/mol. The summed E-state index contributed by atoms with van der Waals surface area (Å²) in [6.07, 6.45) is 0. The number of amidine groups is 1. The second-order valence-electron chi connectivity index (χ2n) is 7.17. The van der Waals surface area contributed by atoms with Gasteiger partial charge >= 0.3 is 0 Å². The summed E-state index contributed by atoms with van der Waals surface area (Å²) in [6.45, 7) is 0. The van der Waals surface area contributed by atoms with Gasteiger partial charge in [0.25, 0.3) is 0 Å². The van der Waals surface area contributed by atoms with Gasteiger partial charge in [-0.1, -0.05) is 23.9 Å². The zero-order valence-electron chi connectivity index (χ0n) is 17.1. The van der Waals surface area contributed by atoms with Crippen LogP contribution in [0.4, 0.5) is 5.69 Å². The third-order valence-electron chi connectivity index (χ3n) is 5.28. The maximum atomic E-state index is 12.3. The molecule has 0 saturated carbocycles. The maximum absolute atomic E-state index is 12.3. The first-order valence-electron chi connectivity index (χ1n) is 9.49. The molecule has 2 aromatic carbocycles. The Morgan fingerprint density at radius 3 is 2.37 bits per heavy atom. The molecule has 0 radical (unpaired) electrons. The third kappa shape index (κ3) is 4.09. The molecule has 2 aromatic rings. The quantitative estimate of drug-likeness (QED) is 0.672. The van der Waals surface area contributed by atoms with Crippen LogP contribution in [0, 0.1) is 0 Å². The molecule has 1 saturated heterocycles. The second-order valence-corrected chi connectivity index (χ2v) is 10.3. The zero-order chi connectivity index (χ0) is 21.3. The number of methoxy groups -OCH3 is 3. The Morgan fingerprint density at radius 2 is 1.70 bits per heavy atom. The Labute approximate surface area is 181 Å². The first kappa shape index (κ1) is 20.9.